The van der Waals surface area contributed by atoms with Crippen LogP contribution in [0.5, 0.6) is 0 Å². The number of benzene rings is 1. The van der Waals surface area contributed by atoms with Crippen molar-refractivity contribution in [3.8, 4) is 28.2 Å². The smallest absolute Gasteiger partial charge is 0.100 e. The van der Waals surface area contributed by atoms with Crippen molar-refractivity contribution in [2.75, 3.05) is 6.61 Å². The van der Waals surface area contributed by atoms with E-state index in [0.717, 1.165) is 71.9 Å². The van der Waals surface area contributed by atoms with Gasteiger partial charge in [-0.3, -0.25) is 9.36 Å². The van der Waals surface area contributed by atoms with Crippen LogP contribution in [0.25, 0.3) is 28.2 Å². The average Bonchev–Trinajstić information content (AvgIpc) is 3.50. The van der Waals surface area contributed by atoms with Crippen LogP contribution in [-0.2, 0) is 24.8 Å². The van der Waals surface area contributed by atoms with Crippen LogP contribution in [0, 0.1) is 0 Å². The molecular formula is C22H21ClN6O. The molecule has 0 bridgehead atoms. The van der Waals surface area contributed by atoms with Gasteiger partial charge in [0.2, 0.25) is 0 Å². The summed E-state index contributed by atoms with van der Waals surface area (Å²) in [5.74, 6) is 0. The lowest BCUT2D eigenvalue weighted by atomic mass is 10.0. The van der Waals surface area contributed by atoms with E-state index < -0.39 is 0 Å². The highest BCUT2D eigenvalue weighted by Gasteiger charge is 2.26. The van der Waals surface area contributed by atoms with Gasteiger partial charge in [0.1, 0.15) is 6.33 Å². The molecule has 0 N–H and O–H groups in total. The standard InChI is InChI=1S/C22H21ClN6O/c1-27-10-14-7-20-22(15-9-25-28(11-15)12-17-3-2-6-30-17)24-13-29(20)19-5-4-16(23)8-18(19)21(14)26-27/h4-5,8-11,13,17H,2-3,6-7,12H2,1H3. The zero-order valence-electron chi connectivity index (χ0n) is 16.6. The van der Waals surface area contributed by atoms with E-state index in [4.69, 9.17) is 26.4 Å². The maximum absolute atomic E-state index is 6.32. The van der Waals surface area contributed by atoms with Crippen molar-refractivity contribution in [3.63, 3.8) is 0 Å². The van der Waals surface area contributed by atoms with Crippen LogP contribution in [0.4, 0.5) is 0 Å². The van der Waals surface area contributed by atoms with Crippen molar-refractivity contribution >= 4 is 11.6 Å². The number of hydrogen-bond donors (Lipinski definition) is 0. The Balaban J connectivity index is 1.45. The van der Waals surface area contributed by atoms with Crippen LogP contribution in [0.2, 0.25) is 5.02 Å². The lowest BCUT2D eigenvalue weighted by Crippen LogP contribution is -2.15. The summed E-state index contributed by atoms with van der Waals surface area (Å²) in [7, 11) is 1.95. The maximum atomic E-state index is 6.32. The molecule has 1 unspecified atom stereocenters. The molecule has 152 valence electrons. The number of hydrogen-bond acceptors (Lipinski definition) is 4. The van der Waals surface area contributed by atoms with Gasteiger partial charge >= 0.3 is 0 Å². The van der Waals surface area contributed by atoms with Crippen LogP contribution < -0.4 is 0 Å². The summed E-state index contributed by atoms with van der Waals surface area (Å²) in [5.41, 5.74) is 7.29. The summed E-state index contributed by atoms with van der Waals surface area (Å²) >= 11 is 6.32. The van der Waals surface area contributed by atoms with Crippen LogP contribution in [0.15, 0.2) is 43.1 Å². The van der Waals surface area contributed by atoms with Crippen molar-refractivity contribution in [2.45, 2.75) is 31.9 Å². The molecule has 1 aromatic carbocycles. The molecule has 1 fully saturated rings. The second kappa shape index (κ2) is 6.82. The Hall–Kier alpha value is -2.90. The SMILES string of the molecule is Cn1cc2c(n1)-c1cc(Cl)ccc1-n1cnc(-c3cnn(CC4CCCO4)c3)c1C2. The van der Waals surface area contributed by atoms with Gasteiger partial charge in [0.15, 0.2) is 0 Å². The summed E-state index contributed by atoms with van der Waals surface area (Å²) in [6, 6.07) is 5.94. The van der Waals surface area contributed by atoms with Gasteiger partial charge < -0.3 is 9.30 Å². The highest BCUT2D eigenvalue weighted by atomic mass is 35.5. The Morgan fingerprint density at radius 3 is 3.03 bits per heavy atom. The fourth-order valence-electron chi connectivity index (χ4n) is 4.56. The number of ether oxygens (including phenoxy) is 1. The first kappa shape index (κ1) is 17.9. The molecule has 4 aromatic rings. The molecule has 2 aliphatic heterocycles. The van der Waals surface area contributed by atoms with Gasteiger partial charge in [-0.15, -0.1) is 0 Å². The van der Waals surface area contributed by atoms with Gasteiger partial charge in [-0.2, -0.15) is 10.2 Å². The molecule has 5 heterocycles. The molecule has 0 saturated carbocycles. The third-order valence-corrected chi connectivity index (χ3v) is 6.16. The highest BCUT2D eigenvalue weighted by Crippen LogP contribution is 2.38. The van der Waals surface area contributed by atoms with Gasteiger partial charge in [-0.05, 0) is 31.0 Å². The van der Waals surface area contributed by atoms with Gasteiger partial charge in [0, 0.05) is 54.2 Å². The molecule has 30 heavy (non-hydrogen) atoms. The highest BCUT2D eigenvalue weighted by molar-refractivity contribution is 6.31. The minimum absolute atomic E-state index is 0.256. The van der Waals surface area contributed by atoms with E-state index in [1.54, 1.807) is 0 Å². The predicted octanol–water partition coefficient (Wildman–Crippen LogP) is 3.87. The fourth-order valence-corrected chi connectivity index (χ4v) is 4.73. The van der Waals surface area contributed by atoms with Gasteiger partial charge in [0.05, 0.1) is 41.6 Å². The zero-order chi connectivity index (χ0) is 20.2. The van der Waals surface area contributed by atoms with Crippen LogP contribution >= 0.6 is 11.6 Å². The summed E-state index contributed by atoms with van der Waals surface area (Å²) in [5, 5.41) is 9.98. The molecule has 0 amide bonds. The summed E-state index contributed by atoms with van der Waals surface area (Å²) < 4.78 is 11.7. The fraction of sp³-hybridized carbons (Fsp3) is 0.318. The maximum Gasteiger partial charge on any atom is 0.100 e. The van der Waals surface area contributed by atoms with Crippen molar-refractivity contribution < 1.29 is 4.74 Å². The monoisotopic (exact) mass is 420 g/mol. The number of nitrogens with zero attached hydrogens (tertiary/aromatic N) is 6. The van der Waals surface area contributed by atoms with E-state index in [9.17, 15) is 0 Å². The number of halogens is 1. The third kappa shape index (κ3) is 2.88. The average molecular weight is 421 g/mol. The third-order valence-electron chi connectivity index (χ3n) is 5.92. The van der Waals surface area contributed by atoms with Crippen molar-refractivity contribution in [3.05, 3.63) is 59.4 Å². The molecule has 1 saturated heterocycles. The van der Waals surface area contributed by atoms with E-state index in [1.807, 2.05) is 47.1 Å². The molecule has 0 radical (unpaired) electrons. The second-order valence-corrected chi connectivity index (χ2v) is 8.45. The number of imidazole rings is 1. The van der Waals surface area contributed by atoms with Crippen molar-refractivity contribution in [1.82, 2.24) is 29.1 Å². The van der Waals surface area contributed by atoms with E-state index >= 15 is 0 Å². The summed E-state index contributed by atoms with van der Waals surface area (Å²) in [6.45, 7) is 1.63. The second-order valence-electron chi connectivity index (χ2n) is 8.01. The van der Waals surface area contributed by atoms with Crippen LogP contribution in [0.1, 0.15) is 24.1 Å². The number of fused-ring (bicyclic) bond motifs is 5. The molecule has 0 spiro atoms. The predicted molar refractivity (Wildman–Crippen MR) is 114 cm³/mol. The number of aromatic nitrogens is 6. The Bertz CT molecular complexity index is 1250. The topological polar surface area (TPSA) is 62.7 Å². The largest absolute Gasteiger partial charge is 0.376 e. The Morgan fingerprint density at radius 2 is 2.17 bits per heavy atom. The van der Waals surface area contributed by atoms with Crippen LogP contribution in [-0.4, -0.2) is 41.8 Å². The number of rotatable bonds is 3. The lowest BCUT2D eigenvalue weighted by molar-refractivity contribution is 0.0940. The first-order valence-electron chi connectivity index (χ1n) is 10.2. The van der Waals surface area contributed by atoms with E-state index in [2.05, 4.69) is 22.1 Å². The molecule has 0 aliphatic carbocycles. The Morgan fingerprint density at radius 1 is 1.23 bits per heavy atom. The molecule has 8 heteroatoms. The van der Waals surface area contributed by atoms with Crippen molar-refractivity contribution in [1.29, 1.82) is 0 Å². The van der Waals surface area contributed by atoms with E-state index in [-0.39, 0.29) is 6.10 Å². The minimum Gasteiger partial charge on any atom is -0.376 e. The van der Waals surface area contributed by atoms with E-state index in [1.165, 1.54) is 0 Å². The minimum atomic E-state index is 0.256. The summed E-state index contributed by atoms with van der Waals surface area (Å²) in [4.78, 5) is 4.77. The molecular weight excluding hydrogens is 400 g/mol. The molecule has 7 nitrogen and oxygen atoms in total. The molecule has 1 atom stereocenters. The van der Waals surface area contributed by atoms with E-state index in [0.29, 0.717) is 5.02 Å². The van der Waals surface area contributed by atoms with Gasteiger partial charge in [-0.25, -0.2) is 4.98 Å². The molecule has 6 rings (SSSR count). The lowest BCUT2D eigenvalue weighted by Gasteiger charge is -2.10. The summed E-state index contributed by atoms with van der Waals surface area (Å²) in [6.07, 6.45) is 11.2. The van der Waals surface area contributed by atoms with Gasteiger partial charge in [0.25, 0.3) is 0 Å². The Kier molecular flexibility index (Phi) is 4.07. The normalized spacial score (nSPS) is 17.5. The molecule has 3 aromatic heterocycles. The van der Waals surface area contributed by atoms with Gasteiger partial charge in [-0.1, -0.05) is 11.6 Å². The number of aryl methyl sites for hydroxylation is 1. The zero-order valence-corrected chi connectivity index (χ0v) is 17.4. The first-order chi connectivity index (χ1) is 14.7. The first-order valence-corrected chi connectivity index (χ1v) is 10.6. The molecule has 2 aliphatic rings. The van der Waals surface area contributed by atoms with Crippen molar-refractivity contribution in [2.24, 2.45) is 7.05 Å². The quantitative estimate of drug-likeness (QED) is 0.444. The Labute approximate surface area is 178 Å². The van der Waals surface area contributed by atoms with Crippen LogP contribution in [0.3, 0.4) is 0 Å².